The van der Waals surface area contributed by atoms with Crippen molar-refractivity contribution in [1.29, 1.82) is 0 Å². The van der Waals surface area contributed by atoms with Crippen LogP contribution >= 0.6 is 0 Å². The van der Waals surface area contributed by atoms with Crippen LogP contribution in [0.15, 0.2) is 54.9 Å². The molecule has 6 nitrogen and oxygen atoms in total. The molecule has 0 aliphatic carbocycles. The molecule has 0 saturated carbocycles. The lowest BCUT2D eigenvalue weighted by molar-refractivity contribution is -0.121. The van der Waals surface area contributed by atoms with Crippen molar-refractivity contribution in [1.82, 2.24) is 15.6 Å². The van der Waals surface area contributed by atoms with Gasteiger partial charge in [-0.3, -0.25) is 9.78 Å². The SMILES string of the molecule is O=C(CCCCCCCCCCNC(=O)OCc1ccccc1)NCc1ccncc1. The zero-order chi connectivity index (χ0) is 22.0. The van der Waals surface area contributed by atoms with Gasteiger partial charge in [-0.2, -0.15) is 0 Å². The van der Waals surface area contributed by atoms with E-state index in [1.54, 1.807) is 12.4 Å². The third kappa shape index (κ3) is 12.4. The van der Waals surface area contributed by atoms with Gasteiger partial charge >= 0.3 is 6.09 Å². The van der Waals surface area contributed by atoms with Crippen LogP contribution in [0, 0.1) is 0 Å². The molecule has 0 saturated heterocycles. The first kappa shape index (κ1) is 24.4. The van der Waals surface area contributed by atoms with E-state index < -0.39 is 0 Å². The fourth-order valence-electron chi connectivity index (χ4n) is 3.23. The normalized spacial score (nSPS) is 10.5. The van der Waals surface area contributed by atoms with E-state index in [1.807, 2.05) is 42.5 Å². The van der Waals surface area contributed by atoms with Crippen molar-refractivity contribution >= 4 is 12.0 Å². The number of ether oxygens (including phenoxy) is 1. The van der Waals surface area contributed by atoms with Crippen LogP contribution in [0.5, 0.6) is 0 Å². The minimum Gasteiger partial charge on any atom is -0.445 e. The summed E-state index contributed by atoms with van der Waals surface area (Å²) in [5.74, 6) is 0.117. The van der Waals surface area contributed by atoms with E-state index in [-0.39, 0.29) is 12.0 Å². The first-order chi connectivity index (χ1) is 15.2. The van der Waals surface area contributed by atoms with Gasteiger partial charge in [0.2, 0.25) is 5.91 Å². The van der Waals surface area contributed by atoms with Crippen LogP contribution in [0.2, 0.25) is 0 Å². The zero-order valence-electron chi connectivity index (χ0n) is 18.4. The molecule has 0 spiro atoms. The van der Waals surface area contributed by atoms with Crippen LogP contribution in [-0.4, -0.2) is 23.5 Å². The standard InChI is InChI=1S/C25H35N3O3/c29-24(28-20-22-15-18-26-19-16-22)14-10-5-3-1-2-4-6-11-17-27-25(30)31-21-23-12-8-7-9-13-23/h7-9,12-13,15-16,18-19H,1-6,10-11,14,17,20-21H2,(H,27,30)(H,28,29). The van der Waals surface area contributed by atoms with Gasteiger partial charge in [-0.05, 0) is 36.1 Å². The van der Waals surface area contributed by atoms with E-state index in [9.17, 15) is 9.59 Å². The number of carbonyl (C=O) groups is 2. The lowest BCUT2D eigenvalue weighted by atomic mass is 10.1. The number of nitrogens with one attached hydrogen (secondary N) is 2. The molecule has 1 aromatic carbocycles. The maximum Gasteiger partial charge on any atom is 0.407 e. The highest BCUT2D eigenvalue weighted by Crippen LogP contribution is 2.10. The molecule has 2 amide bonds. The Bertz CT molecular complexity index is 675. The van der Waals surface area contributed by atoms with Gasteiger partial charge in [0, 0.05) is 31.9 Å². The Morgan fingerprint density at radius 2 is 1.39 bits per heavy atom. The van der Waals surface area contributed by atoms with Crippen LogP contribution in [0.4, 0.5) is 4.79 Å². The summed E-state index contributed by atoms with van der Waals surface area (Å²) < 4.78 is 5.18. The number of nitrogens with zero attached hydrogens (tertiary/aromatic N) is 1. The fourth-order valence-corrected chi connectivity index (χ4v) is 3.23. The lowest BCUT2D eigenvalue weighted by Gasteiger charge is -2.07. The molecule has 0 aliphatic rings. The second kappa shape index (κ2) is 15.9. The molecule has 0 unspecified atom stereocenters. The molecule has 2 aromatic rings. The van der Waals surface area contributed by atoms with Crippen molar-refractivity contribution in [2.24, 2.45) is 0 Å². The van der Waals surface area contributed by atoms with Crippen molar-refractivity contribution in [2.45, 2.75) is 70.9 Å². The largest absolute Gasteiger partial charge is 0.445 e. The van der Waals surface area contributed by atoms with Crippen LogP contribution in [-0.2, 0) is 22.7 Å². The second-order valence-electron chi connectivity index (χ2n) is 7.70. The van der Waals surface area contributed by atoms with E-state index in [1.165, 1.54) is 25.7 Å². The molecular formula is C25H35N3O3. The van der Waals surface area contributed by atoms with E-state index >= 15 is 0 Å². The van der Waals surface area contributed by atoms with Gasteiger partial charge in [0.25, 0.3) is 0 Å². The molecule has 0 fully saturated rings. The highest BCUT2D eigenvalue weighted by atomic mass is 16.5. The van der Waals surface area contributed by atoms with Gasteiger partial charge in [0.15, 0.2) is 0 Å². The number of hydrogen-bond acceptors (Lipinski definition) is 4. The minimum atomic E-state index is -0.353. The highest BCUT2D eigenvalue weighted by Gasteiger charge is 2.03. The van der Waals surface area contributed by atoms with E-state index in [4.69, 9.17) is 4.74 Å². The molecule has 31 heavy (non-hydrogen) atoms. The van der Waals surface area contributed by atoms with E-state index in [0.717, 1.165) is 36.8 Å². The summed E-state index contributed by atoms with van der Waals surface area (Å²) in [5, 5.41) is 5.75. The Labute approximate surface area is 185 Å². The molecule has 2 rings (SSSR count). The topological polar surface area (TPSA) is 80.3 Å². The molecule has 0 radical (unpaired) electrons. The summed E-state index contributed by atoms with van der Waals surface area (Å²) in [5.41, 5.74) is 2.06. The number of unbranched alkanes of at least 4 members (excludes halogenated alkanes) is 7. The number of amides is 2. The Kier molecular flexibility index (Phi) is 12.5. The van der Waals surface area contributed by atoms with Gasteiger partial charge in [-0.25, -0.2) is 4.79 Å². The number of rotatable bonds is 15. The molecule has 168 valence electrons. The van der Waals surface area contributed by atoms with Crippen molar-refractivity contribution in [2.75, 3.05) is 6.54 Å². The summed E-state index contributed by atoms with van der Waals surface area (Å²) in [6.07, 6.45) is 12.6. The van der Waals surface area contributed by atoms with Gasteiger partial charge in [-0.1, -0.05) is 68.9 Å². The molecule has 1 heterocycles. The lowest BCUT2D eigenvalue weighted by Crippen LogP contribution is -2.25. The zero-order valence-corrected chi connectivity index (χ0v) is 18.4. The monoisotopic (exact) mass is 425 g/mol. The average Bonchev–Trinajstić information content (AvgIpc) is 2.81. The molecule has 2 N–H and O–H groups in total. The predicted octanol–water partition coefficient (Wildman–Crippen LogP) is 5.14. The van der Waals surface area contributed by atoms with Gasteiger partial charge in [-0.15, -0.1) is 0 Å². The van der Waals surface area contributed by atoms with Crippen LogP contribution < -0.4 is 10.6 Å². The van der Waals surface area contributed by atoms with E-state index in [2.05, 4.69) is 15.6 Å². The van der Waals surface area contributed by atoms with Crippen LogP contribution in [0.1, 0.15) is 68.9 Å². The van der Waals surface area contributed by atoms with Crippen LogP contribution in [0.25, 0.3) is 0 Å². The number of carbonyl (C=O) groups excluding carboxylic acids is 2. The molecule has 1 aromatic heterocycles. The minimum absolute atomic E-state index is 0.117. The molecule has 0 atom stereocenters. The van der Waals surface area contributed by atoms with Crippen molar-refractivity contribution < 1.29 is 14.3 Å². The van der Waals surface area contributed by atoms with Crippen molar-refractivity contribution in [3.05, 3.63) is 66.0 Å². The maximum atomic E-state index is 11.8. The third-order valence-corrected chi connectivity index (χ3v) is 5.05. The summed E-state index contributed by atoms with van der Waals surface area (Å²) in [4.78, 5) is 27.5. The summed E-state index contributed by atoms with van der Waals surface area (Å²) in [6, 6.07) is 13.5. The Morgan fingerprint density at radius 1 is 0.742 bits per heavy atom. The summed E-state index contributed by atoms with van der Waals surface area (Å²) >= 11 is 0. The van der Waals surface area contributed by atoms with Gasteiger partial charge in [0.1, 0.15) is 6.61 Å². The number of aromatic nitrogens is 1. The maximum absolute atomic E-state index is 11.8. The van der Waals surface area contributed by atoms with Crippen LogP contribution in [0.3, 0.4) is 0 Å². The first-order valence-corrected chi connectivity index (χ1v) is 11.3. The van der Waals surface area contributed by atoms with E-state index in [0.29, 0.717) is 26.1 Å². The average molecular weight is 426 g/mol. The fraction of sp³-hybridized carbons (Fsp3) is 0.480. The Balaban J connectivity index is 1.32. The number of hydrogen-bond donors (Lipinski definition) is 2. The highest BCUT2D eigenvalue weighted by molar-refractivity contribution is 5.75. The molecule has 6 heteroatoms. The number of pyridine rings is 1. The van der Waals surface area contributed by atoms with Crippen molar-refractivity contribution in [3.63, 3.8) is 0 Å². The first-order valence-electron chi connectivity index (χ1n) is 11.3. The van der Waals surface area contributed by atoms with Crippen molar-refractivity contribution in [3.8, 4) is 0 Å². The quantitative estimate of drug-likeness (QED) is 0.387. The molecule has 0 bridgehead atoms. The number of alkyl carbamates (subject to hydrolysis) is 1. The number of benzene rings is 1. The Morgan fingerprint density at radius 3 is 2.10 bits per heavy atom. The molecular weight excluding hydrogens is 390 g/mol. The summed E-state index contributed by atoms with van der Waals surface area (Å²) in [7, 11) is 0. The van der Waals surface area contributed by atoms with Gasteiger partial charge < -0.3 is 15.4 Å². The van der Waals surface area contributed by atoms with Gasteiger partial charge in [0.05, 0.1) is 0 Å². The summed E-state index contributed by atoms with van der Waals surface area (Å²) in [6.45, 7) is 1.53. The predicted molar refractivity (Wildman–Crippen MR) is 122 cm³/mol. The smallest absolute Gasteiger partial charge is 0.407 e. The third-order valence-electron chi connectivity index (χ3n) is 5.05. The molecule has 0 aliphatic heterocycles. The Hall–Kier alpha value is -2.89. The second-order valence-corrected chi connectivity index (χ2v) is 7.70.